The second-order valence-electron chi connectivity index (χ2n) is 2.59. The first kappa shape index (κ1) is 10.5. The molecule has 0 aromatic carbocycles. The lowest BCUT2D eigenvalue weighted by Gasteiger charge is -2.09. The number of carbonyl (C=O) groups is 1. The van der Waals surface area contributed by atoms with Gasteiger partial charge in [-0.15, -0.1) is 0 Å². The maximum absolute atomic E-state index is 12.5. The third-order valence-electron chi connectivity index (χ3n) is 1.75. The van der Waals surface area contributed by atoms with Crippen molar-refractivity contribution < 1.29 is 13.6 Å². The summed E-state index contributed by atoms with van der Waals surface area (Å²) in [6.45, 7) is -0.152. The van der Waals surface area contributed by atoms with E-state index in [0.29, 0.717) is 0 Å². The number of nitrogens with zero attached hydrogens (tertiary/aromatic N) is 1. The Hall–Kier alpha value is -1.56. The number of carbonyl (C=O) groups excluding carboxylic acids is 1. The average molecular weight is 201 g/mol. The van der Waals surface area contributed by atoms with Gasteiger partial charge < -0.3 is 11.5 Å². The number of primary amides is 1. The number of alkyl halides is 2. The topological polar surface area (TPSA) is 82.0 Å². The van der Waals surface area contributed by atoms with Crippen molar-refractivity contribution in [2.24, 2.45) is 11.5 Å². The van der Waals surface area contributed by atoms with E-state index in [1.165, 1.54) is 6.20 Å². The minimum Gasteiger partial charge on any atom is -0.366 e. The average Bonchev–Trinajstić information content (AvgIpc) is 2.16. The molecule has 6 heteroatoms. The molecule has 0 saturated heterocycles. The molecule has 4 nitrogen and oxygen atoms in total. The second kappa shape index (κ2) is 4.10. The number of rotatable bonds is 3. The molecule has 0 spiro atoms. The van der Waals surface area contributed by atoms with Crippen molar-refractivity contribution in [2.75, 3.05) is 0 Å². The molecule has 1 rings (SSSR count). The van der Waals surface area contributed by atoms with Crippen LogP contribution < -0.4 is 11.5 Å². The fourth-order valence-corrected chi connectivity index (χ4v) is 1.14. The standard InChI is InChI=1S/C8H9F2N3O/c9-7(10)6-4(8(12)14)1-2-13-5(6)3-11/h1-2,7H,3,11H2,(H2,12,14). The van der Waals surface area contributed by atoms with E-state index in [1.54, 1.807) is 0 Å². The van der Waals surface area contributed by atoms with Crippen molar-refractivity contribution >= 4 is 5.91 Å². The molecule has 0 atom stereocenters. The summed E-state index contributed by atoms with van der Waals surface area (Å²) in [7, 11) is 0. The van der Waals surface area contributed by atoms with Crippen LogP contribution in [0.1, 0.15) is 28.0 Å². The molecule has 0 unspecified atom stereocenters. The van der Waals surface area contributed by atoms with Crippen LogP contribution in [0.5, 0.6) is 0 Å². The Morgan fingerprint density at radius 3 is 2.64 bits per heavy atom. The first-order valence-corrected chi connectivity index (χ1v) is 3.83. The highest BCUT2D eigenvalue weighted by Gasteiger charge is 2.20. The first-order chi connectivity index (χ1) is 6.57. The quantitative estimate of drug-likeness (QED) is 0.750. The summed E-state index contributed by atoms with van der Waals surface area (Å²) in [4.78, 5) is 14.5. The van der Waals surface area contributed by atoms with E-state index in [0.717, 1.165) is 6.07 Å². The van der Waals surface area contributed by atoms with Crippen LogP contribution >= 0.6 is 0 Å². The Morgan fingerprint density at radius 2 is 2.21 bits per heavy atom. The highest BCUT2D eigenvalue weighted by Crippen LogP contribution is 2.24. The molecule has 0 aliphatic heterocycles. The van der Waals surface area contributed by atoms with Gasteiger partial charge in [0.05, 0.1) is 16.8 Å². The summed E-state index contributed by atoms with van der Waals surface area (Å²) < 4.78 is 25.1. The lowest BCUT2D eigenvalue weighted by Crippen LogP contribution is -2.17. The second-order valence-corrected chi connectivity index (χ2v) is 2.59. The van der Waals surface area contributed by atoms with Gasteiger partial charge in [-0.05, 0) is 6.07 Å². The van der Waals surface area contributed by atoms with Gasteiger partial charge in [-0.2, -0.15) is 0 Å². The molecular weight excluding hydrogens is 192 g/mol. The monoisotopic (exact) mass is 201 g/mol. The minimum absolute atomic E-state index is 0.00343. The van der Waals surface area contributed by atoms with Crippen molar-refractivity contribution in [3.8, 4) is 0 Å². The van der Waals surface area contributed by atoms with Gasteiger partial charge in [-0.3, -0.25) is 9.78 Å². The summed E-state index contributed by atoms with van der Waals surface area (Å²) in [6, 6.07) is 1.16. The van der Waals surface area contributed by atoms with Gasteiger partial charge in [-0.25, -0.2) is 8.78 Å². The Bertz CT molecular complexity index is 354. The van der Waals surface area contributed by atoms with Crippen molar-refractivity contribution in [3.05, 3.63) is 29.1 Å². The van der Waals surface area contributed by atoms with Crippen LogP contribution in [0.3, 0.4) is 0 Å². The van der Waals surface area contributed by atoms with E-state index < -0.39 is 17.9 Å². The summed E-state index contributed by atoms with van der Waals surface area (Å²) in [5.74, 6) is -0.905. The summed E-state index contributed by atoms with van der Waals surface area (Å²) in [6.07, 6.45) is -1.57. The highest BCUT2D eigenvalue weighted by atomic mass is 19.3. The minimum atomic E-state index is -2.80. The molecule has 0 aliphatic rings. The van der Waals surface area contributed by atoms with Crippen LogP contribution in [0.25, 0.3) is 0 Å². The van der Waals surface area contributed by atoms with Gasteiger partial charge in [0.1, 0.15) is 0 Å². The number of amides is 1. The molecule has 0 bridgehead atoms. The third-order valence-corrected chi connectivity index (χ3v) is 1.75. The van der Waals surface area contributed by atoms with Crippen molar-refractivity contribution in [1.29, 1.82) is 0 Å². The molecule has 0 fully saturated rings. The molecule has 4 N–H and O–H groups in total. The fourth-order valence-electron chi connectivity index (χ4n) is 1.14. The number of pyridine rings is 1. The molecule has 0 radical (unpaired) electrons. The zero-order chi connectivity index (χ0) is 10.7. The van der Waals surface area contributed by atoms with Crippen LogP contribution in [0, 0.1) is 0 Å². The van der Waals surface area contributed by atoms with E-state index in [4.69, 9.17) is 11.5 Å². The van der Waals surface area contributed by atoms with E-state index in [9.17, 15) is 13.6 Å². The predicted molar refractivity (Wildman–Crippen MR) is 45.6 cm³/mol. The fraction of sp³-hybridized carbons (Fsp3) is 0.250. The van der Waals surface area contributed by atoms with Gasteiger partial charge in [0, 0.05) is 12.7 Å². The van der Waals surface area contributed by atoms with E-state index >= 15 is 0 Å². The van der Waals surface area contributed by atoms with Gasteiger partial charge >= 0.3 is 0 Å². The number of aromatic nitrogens is 1. The zero-order valence-electron chi connectivity index (χ0n) is 7.21. The summed E-state index contributed by atoms with van der Waals surface area (Å²) >= 11 is 0. The van der Waals surface area contributed by atoms with E-state index in [1.807, 2.05) is 0 Å². The summed E-state index contributed by atoms with van der Waals surface area (Å²) in [5.41, 5.74) is 9.44. The SMILES string of the molecule is NCc1nccc(C(N)=O)c1C(F)F. The normalized spacial score (nSPS) is 10.6. The predicted octanol–water partition coefficient (Wildman–Crippen LogP) is 0.577. The van der Waals surface area contributed by atoms with Crippen molar-refractivity contribution in [2.45, 2.75) is 13.0 Å². The van der Waals surface area contributed by atoms with Crippen LogP contribution in [0.15, 0.2) is 12.3 Å². The third kappa shape index (κ3) is 1.85. The molecule has 1 amide bonds. The lowest BCUT2D eigenvalue weighted by molar-refractivity contribution is 0.0985. The van der Waals surface area contributed by atoms with Crippen LogP contribution in [0.4, 0.5) is 8.78 Å². The Labute approximate surface area is 78.9 Å². The molecule has 1 aromatic rings. The first-order valence-electron chi connectivity index (χ1n) is 3.83. The van der Waals surface area contributed by atoms with Gasteiger partial charge in [0.25, 0.3) is 6.43 Å². The number of halogens is 2. The Kier molecular flexibility index (Phi) is 3.08. The molecular formula is C8H9F2N3O. The van der Waals surface area contributed by atoms with E-state index in [2.05, 4.69) is 4.98 Å². The van der Waals surface area contributed by atoms with Gasteiger partial charge in [0.15, 0.2) is 0 Å². The number of hydrogen-bond donors (Lipinski definition) is 2. The molecule has 1 aromatic heterocycles. The van der Waals surface area contributed by atoms with E-state index in [-0.39, 0.29) is 17.8 Å². The van der Waals surface area contributed by atoms with Crippen molar-refractivity contribution in [3.63, 3.8) is 0 Å². The highest BCUT2D eigenvalue weighted by molar-refractivity contribution is 5.94. The number of hydrogen-bond acceptors (Lipinski definition) is 3. The van der Waals surface area contributed by atoms with Crippen LogP contribution in [-0.2, 0) is 6.54 Å². The molecule has 0 aliphatic carbocycles. The molecule has 14 heavy (non-hydrogen) atoms. The number of nitrogens with two attached hydrogens (primary N) is 2. The maximum Gasteiger partial charge on any atom is 0.266 e. The molecule has 1 heterocycles. The molecule has 0 saturated carbocycles. The lowest BCUT2D eigenvalue weighted by atomic mass is 10.1. The zero-order valence-corrected chi connectivity index (χ0v) is 7.21. The maximum atomic E-state index is 12.5. The van der Waals surface area contributed by atoms with Crippen molar-refractivity contribution in [1.82, 2.24) is 4.98 Å². The van der Waals surface area contributed by atoms with Gasteiger partial charge in [0.2, 0.25) is 5.91 Å². The molecule has 76 valence electrons. The van der Waals surface area contributed by atoms with Gasteiger partial charge in [-0.1, -0.05) is 0 Å². The van der Waals surface area contributed by atoms with Crippen LogP contribution in [-0.4, -0.2) is 10.9 Å². The van der Waals surface area contributed by atoms with Crippen LogP contribution in [0.2, 0.25) is 0 Å². The Balaban J connectivity index is 3.35. The smallest absolute Gasteiger partial charge is 0.266 e. The largest absolute Gasteiger partial charge is 0.366 e. The summed E-state index contributed by atoms with van der Waals surface area (Å²) in [5, 5.41) is 0. The Morgan fingerprint density at radius 1 is 1.57 bits per heavy atom.